The van der Waals surface area contributed by atoms with Gasteiger partial charge in [-0.2, -0.15) is 0 Å². The molecular weight excluding hydrogens is 498 g/mol. The number of likely N-dealkylation sites (N-methyl/N-ethyl adjacent to an activating group) is 1. The van der Waals surface area contributed by atoms with Crippen molar-refractivity contribution in [2.24, 2.45) is 0 Å². The Hall–Kier alpha value is -3.65. The van der Waals surface area contributed by atoms with Gasteiger partial charge in [-0.3, -0.25) is 13.9 Å². The summed E-state index contributed by atoms with van der Waals surface area (Å²) in [5.74, 6) is -0.759. The lowest BCUT2D eigenvalue weighted by atomic mass is 10.1. The van der Waals surface area contributed by atoms with Crippen LogP contribution in [0.1, 0.15) is 41.2 Å². The lowest BCUT2D eigenvalue weighted by Gasteiger charge is -2.33. The maximum Gasteiger partial charge on any atom is 0.264 e. The lowest BCUT2D eigenvalue weighted by Crippen LogP contribution is -2.51. The molecule has 3 aromatic rings. The van der Waals surface area contributed by atoms with Crippen LogP contribution in [0.5, 0.6) is 0 Å². The largest absolute Gasteiger partial charge is 0.357 e. The van der Waals surface area contributed by atoms with Gasteiger partial charge in [0, 0.05) is 13.6 Å². The zero-order chi connectivity index (χ0) is 28.0. The van der Waals surface area contributed by atoms with E-state index in [0.29, 0.717) is 12.1 Å². The second kappa shape index (κ2) is 12.3. The van der Waals surface area contributed by atoms with Crippen molar-refractivity contribution in [3.8, 4) is 0 Å². The van der Waals surface area contributed by atoms with Crippen molar-refractivity contribution < 1.29 is 18.0 Å². The zero-order valence-corrected chi connectivity index (χ0v) is 23.8. The number of benzene rings is 3. The molecule has 2 amide bonds. The summed E-state index contributed by atoms with van der Waals surface area (Å²) in [4.78, 5) is 28.4. The SMILES string of the molecule is CCC(C(=O)NC)N(Cc1ccc(C)cc1)C(=O)CN(c1cccc(C)c1C)S(=O)(=O)c1ccc(C)cc1. The van der Waals surface area contributed by atoms with Crippen molar-refractivity contribution in [3.05, 3.63) is 94.5 Å². The Labute approximate surface area is 226 Å². The monoisotopic (exact) mass is 535 g/mol. The van der Waals surface area contributed by atoms with E-state index in [-0.39, 0.29) is 17.3 Å². The summed E-state index contributed by atoms with van der Waals surface area (Å²) in [6, 6.07) is 18.9. The van der Waals surface area contributed by atoms with E-state index in [1.165, 1.54) is 16.3 Å². The van der Waals surface area contributed by atoms with Gasteiger partial charge in [0.15, 0.2) is 0 Å². The Kier molecular flexibility index (Phi) is 9.33. The Balaban J connectivity index is 2.10. The first-order valence-corrected chi connectivity index (χ1v) is 14.2. The first-order chi connectivity index (χ1) is 18.0. The summed E-state index contributed by atoms with van der Waals surface area (Å²) in [5, 5.41) is 2.64. The number of nitrogens with one attached hydrogen (secondary N) is 1. The van der Waals surface area contributed by atoms with Crippen LogP contribution in [0.15, 0.2) is 71.6 Å². The minimum atomic E-state index is -4.09. The van der Waals surface area contributed by atoms with Gasteiger partial charge in [0.1, 0.15) is 12.6 Å². The maximum absolute atomic E-state index is 14.0. The van der Waals surface area contributed by atoms with E-state index in [1.54, 1.807) is 36.4 Å². The molecule has 0 aliphatic carbocycles. The molecule has 38 heavy (non-hydrogen) atoms. The van der Waals surface area contributed by atoms with Crippen LogP contribution < -0.4 is 9.62 Å². The first kappa shape index (κ1) is 28.9. The number of amides is 2. The van der Waals surface area contributed by atoms with Crippen LogP contribution >= 0.6 is 0 Å². The summed E-state index contributed by atoms with van der Waals surface area (Å²) in [7, 11) is -2.56. The Morgan fingerprint density at radius 3 is 2.00 bits per heavy atom. The molecule has 7 nitrogen and oxygen atoms in total. The molecule has 0 aliphatic heterocycles. The minimum absolute atomic E-state index is 0.0974. The molecule has 3 rings (SSSR count). The van der Waals surface area contributed by atoms with E-state index in [0.717, 1.165) is 27.8 Å². The van der Waals surface area contributed by atoms with Gasteiger partial charge >= 0.3 is 0 Å². The number of anilines is 1. The van der Waals surface area contributed by atoms with Crippen LogP contribution in [-0.2, 0) is 26.2 Å². The molecule has 1 N–H and O–H groups in total. The van der Waals surface area contributed by atoms with Crippen LogP contribution in [-0.4, -0.2) is 44.8 Å². The number of rotatable bonds is 10. The highest BCUT2D eigenvalue weighted by molar-refractivity contribution is 7.92. The summed E-state index contributed by atoms with van der Waals surface area (Å²) < 4.78 is 29.1. The second-order valence-electron chi connectivity index (χ2n) is 9.59. The van der Waals surface area contributed by atoms with Gasteiger partial charge in [0.05, 0.1) is 10.6 Å². The van der Waals surface area contributed by atoms with Gasteiger partial charge in [-0.1, -0.05) is 66.6 Å². The molecule has 3 aromatic carbocycles. The lowest BCUT2D eigenvalue weighted by molar-refractivity contribution is -0.140. The van der Waals surface area contributed by atoms with Crippen molar-refractivity contribution in [1.82, 2.24) is 10.2 Å². The number of carbonyl (C=O) groups excluding carboxylic acids is 2. The van der Waals surface area contributed by atoms with Crippen molar-refractivity contribution in [2.45, 2.75) is 58.5 Å². The van der Waals surface area contributed by atoms with Crippen molar-refractivity contribution >= 4 is 27.5 Å². The average molecular weight is 536 g/mol. The van der Waals surface area contributed by atoms with Crippen LogP contribution in [0.3, 0.4) is 0 Å². The summed E-state index contributed by atoms with van der Waals surface area (Å²) in [6.07, 6.45) is 0.380. The van der Waals surface area contributed by atoms with Gasteiger partial charge < -0.3 is 10.2 Å². The molecule has 0 heterocycles. The van der Waals surface area contributed by atoms with E-state index < -0.39 is 28.5 Å². The van der Waals surface area contributed by atoms with Crippen LogP contribution in [0.4, 0.5) is 5.69 Å². The molecule has 202 valence electrons. The molecule has 1 unspecified atom stereocenters. The summed E-state index contributed by atoms with van der Waals surface area (Å²) in [5.41, 5.74) is 4.97. The van der Waals surface area contributed by atoms with Gasteiger partial charge in [-0.25, -0.2) is 8.42 Å². The van der Waals surface area contributed by atoms with Gasteiger partial charge in [-0.15, -0.1) is 0 Å². The van der Waals surface area contributed by atoms with E-state index in [4.69, 9.17) is 0 Å². The predicted molar refractivity (Wildman–Crippen MR) is 152 cm³/mol. The predicted octanol–water partition coefficient (Wildman–Crippen LogP) is 4.67. The third-order valence-corrected chi connectivity index (χ3v) is 8.61. The average Bonchev–Trinajstić information content (AvgIpc) is 2.90. The Bertz CT molecular complexity index is 1380. The van der Waals surface area contributed by atoms with Crippen molar-refractivity contribution in [1.29, 1.82) is 0 Å². The highest BCUT2D eigenvalue weighted by atomic mass is 32.2. The normalized spacial score (nSPS) is 12.1. The third-order valence-electron chi connectivity index (χ3n) is 6.84. The Morgan fingerprint density at radius 1 is 0.868 bits per heavy atom. The first-order valence-electron chi connectivity index (χ1n) is 12.7. The fourth-order valence-electron chi connectivity index (χ4n) is 4.33. The topological polar surface area (TPSA) is 86.8 Å². The van der Waals surface area contributed by atoms with E-state index in [9.17, 15) is 18.0 Å². The number of nitrogens with zero attached hydrogens (tertiary/aromatic N) is 2. The molecular formula is C30H37N3O4S. The van der Waals surface area contributed by atoms with Crippen LogP contribution in [0.25, 0.3) is 0 Å². The highest BCUT2D eigenvalue weighted by Gasteiger charge is 2.34. The molecule has 0 saturated heterocycles. The van der Waals surface area contributed by atoms with Crippen molar-refractivity contribution in [2.75, 3.05) is 17.9 Å². The minimum Gasteiger partial charge on any atom is -0.357 e. The van der Waals surface area contributed by atoms with Gasteiger partial charge in [-0.05, 0) is 69.0 Å². The van der Waals surface area contributed by atoms with Gasteiger partial charge in [0.25, 0.3) is 10.0 Å². The molecule has 0 saturated carbocycles. The van der Waals surface area contributed by atoms with Gasteiger partial charge in [0.2, 0.25) is 11.8 Å². The third kappa shape index (κ3) is 6.42. The van der Waals surface area contributed by atoms with Crippen molar-refractivity contribution in [3.63, 3.8) is 0 Å². The van der Waals surface area contributed by atoms with E-state index in [2.05, 4.69) is 5.32 Å². The van der Waals surface area contributed by atoms with E-state index in [1.807, 2.05) is 65.0 Å². The molecule has 0 aliphatic rings. The second-order valence-corrected chi connectivity index (χ2v) is 11.5. The molecule has 0 radical (unpaired) electrons. The summed E-state index contributed by atoms with van der Waals surface area (Å²) >= 11 is 0. The molecule has 8 heteroatoms. The molecule has 0 aromatic heterocycles. The number of sulfonamides is 1. The number of aryl methyl sites for hydroxylation is 3. The molecule has 0 spiro atoms. The standard InChI is InChI=1S/C30H37N3O4S/c1-7-27(30(35)31-6)32(19-25-15-11-21(2)12-16-25)29(34)20-33(28-10-8-9-23(4)24(28)5)38(36,37)26-17-13-22(3)14-18-26/h8-18,27H,7,19-20H2,1-6H3,(H,31,35). The smallest absolute Gasteiger partial charge is 0.264 e. The molecule has 0 fully saturated rings. The number of hydrogen-bond acceptors (Lipinski definition) is 4. The van der Waals surface area contributed by atoms with E-state index >= 15 is 0 Å². The number of carbonyl (C=O) groups is 2. The maximum atomic E-state index is 14.0. The quantitative estimate of drug-likeness (QED) is 0.409. The summed E-state index contributed by atoms with van der Waals surface area (Å²) in [6.45, 7) is 9.17. The molecule has 0 bridgehead atoms. The zero-order valence-electron chi connectivity index (χ0n) is 23.0. The fourth-order valence-corrected chi connectivity index (χ4v) is 5.80. The van der Waals surface area contributed by atoms with Crippen LogP contribution in [0.2, 0.25) is 0 Å². The van der Waals surface area contributed by atoms with Crippen LogP contribution in [0, 0.1) is 27.7 Å². The number of hydrogen-bond donors (Lipinski definition) is 1. The molecule has 1 atom stereocenters. The Morgan fingerprint density at radius 2 is 1.45 bits per heavy atom. The fraction of sp³-hybridized carbons (Fsp3) is 0.333. The highest BCUT2D eigenvalue weighted by Crippen LogP contribution is 2.29.